The Morgan fingerprint density at radius 3 is 2.41 bits per heavy atom. The molecule has 154 valence electrons. The average molecular weight is 402 g/mol. The zero-order chi connectivity index (χ0) is 20.4. The molecular weight excluding hydrogens is 377 g/mol. The molecule has 6 heteroatoms. The van der Waals surface area contributed by atoms with E-state index in [-0.39, 0.29) is 17.9 Å². The van der Waals surface area contributed by atoms with Crippen LogP contribution in [0.3, 0.4) is 0 Å². The summed E-state index contributed by atoms with van der Waals surface area (Å²) in [5.74, 6) is 0.422. The smallest absolute Gasteiger partial charge is 0.334 e. The number of benzene rings is 1. The van der Waals surface area contributed by atoms with Crippen molar-refractivity contribution in [3.05, 3.63) is 65.0 Å². The number of aromatic nitrogens is 1. The highest BCUT2D eigenvalue weighted by molar-refractivity contribution is 5.79. The van der Waals surface area contributed by atoms with Gasteiger partial charge in [0.15, 0.2) is 0 Å². The van der Waals surface area contributed by atoms with Crippen LogP contribution in [-0.4, -0.2) is 22.3 Å². The molecule has 2 aliphatic rings. The van der Waals surface area contributed by atoms with Crippen LogP contribution in [-0.2, 0) is 17.4 Å². The molecule has 1 aromatic heterocycles. The van der Waals surface area contributed by atoms with Gasteiger partial charge in [-0.2, -0.15) is 13.2 Å². The standard InChI is InChI=1S/C23H25F3N2O/c24-23(25,26)18-12-10-16(11-13-18)15-19-7-3-8-20(27-19)21-9-4-14-28(21)22(29)17-5-1-2-6-17/h3,7-8,10-13,17,21H,1-2,4-6,9,14-15H2. The number of likely N-dealkylation sites (tertiary alicyclic amines) is 1. The van der Waals surface area contributed by atoms with E-state index >= 15 is 0 Å². The SMILES string of the molecule is O=C(C1CCCC1)N1CCCC1c1cccc(Cc2ccc(C(F)(F)F)cc2)n1. The third kappa shape index (κ3) is 4.46. The lowest BCUT2D eigenvalue weighted by molar-refractivity contribution is -0.138. The Hall–Kier alpha value is -2.37. The van der Waals surface area contributed by atoms with Gasteiger partial charge in [0.2, 0.25) is 5.91 Å². The van der Waals surface area contributed by atoms with Crippen LogP contribution >= 0.6 is 0 Å². The maximum atomic E-state index is 12.9. The molecule has 0 radical (unpaired) electrons. The van der Waals surface area contributed by atoms with E-state index in [1.54, 1.807) is 0 Å². The summed E-state index contributed by atoms with van der Waals surface area (Å²) in [4.78, 5) is 19.7. The first-order chi connectivity index (χ1) is 13.9. The van der Waals surface area contributed by atoms with E-state index in [0.29, 0.717) is 6.42 Å². The molecule has 2 heterocycles. The Bertz CT molecular complexity index is 857. The molecule has 1 unspecified atom stereocenters. The molecular formula is C23H25F3N2O. The Morgan fingerprint density at radius 1 is 1.00 bits per heavy atom. The maximum Gasteiger partial charge on any atom is 0.416 e. The van der Waals surface area contributed by atoms with Crippen molar-refractivity contribution in [1.29, 1.82) is 0 Å². The molecule has 29 heavy (non-hydrogen) atoms. The predicted molar refractivity (Wildman–Crippen MR) is 104 cm³/mol. The molecule has 4 rings (SSSR count). The van der Waals surface area contributed by atoms with E-state index in [2.05, 4.69) is 0 Å². The normalized spacial score (nSPS) is 20.4. The van der Waals surface area contributed by atoms with Crippen LogP contribution < -0.4 is 0 Å². The average Bonchev–Trinajstić information content (AvgIpc) is 3.40. The Balaban J connectivity index is 1.48. The van der Waals surface area contributed by atoms with Gasteiger partial charge in [0.25, 0.3) is 0 Å². The van der Waals surface area contributed by atoms with Gasteiger partial charge in [0.05, 0.1) is 17.3 Å². The van der Waals surface area contributed by atoms with Crippen molar-refractivity contribution in [2.24, 2.45) is 5.92 Å². The van der Waals surface area contributed by atoms with Crippen molar-refractivity contribution in [3.63, 3.8) is 0 Å². The van der Waals surface area contributed by atoms with Gasteiger partial charge in [-0.1, -0.05) is 31.0 Å². The van der Waals surface area contributed by atoms with Gasteiger partial charge >= 0.3 is 6.18 Å². The molecule has 1 aromatic carbocycles. The van der Waals surface area contributed by atoms with Crippen LogP contribution in [0.5, 0.6) is 0 Å². The fourth-order valence-corrected chi connectivity index (χ4v) is 4.55. The lowest BCUT2D eigenvalue weighted by Crippen LogP contribution is -2.35. The van der Waals surface area contributed by atoms with Crippen LogP contribution in [0.4, 0.5) is 13.2 Å². The summed E-state index contributed by atoms with van der Waals surface area (Å²) in [6.07, 6.45) is 2.28. The van der Waals surface area contributed by atoms with Crippen molar-refractivity contribution in [1.82, 2.24) is 9.88 Å². The van der Waals surface area contributed by atoms with E-state index in [9.17, 15) is 18.0 Å². The monoisotopic (exact) mass is 402 g/mol. The number of hydrogen-bond donors (Lipinski definition) is 0. The first-order valence-electron chi connectivity index (χ1n) is 10.3. The summed E-state index contributed by atoms with van der Waals surface area (Å²) in [6, 6.07) is 11.0. The number of pyridine rings is 1. The lowest BCUT2D eigenvalue weighted by Gasteiger charge is -2.27. The summed E-state index contributed by atoms with van der Waals surface area (Å²) >= 11 is 0. The van der Waals surface area contributed by atoms with Gasteiger partial charge in [-0.3, -0.25) is 9.78 Å². The first kappa shape index (κ1) is 19.9. The van der Waals surface area contributed by atoms with Gasteiger partial charge in [-0.05, 0) is 55.5 Å². The predicted octanol–water partition coefficient (Wildman–Crippen LogP) is 5.54. The molecule has 2 fully saturated rings. The Kier molecular flexibility index (Phi) is 5.61. The number of carbonyl (C=O) groups is 1. The molecule has 0 N–H and O–H groups in total. The molecule has 3 nitrogen and oxygen atoms in total. The summed E-state index contributed by atoms with van der Waals surface area (Å²) in [7, 11) is 0. The highest BCUT2D eigenvalue weighted by Gasteiger charge is 2.35. The molecule has 1 saturated heterocycles. The zero-order valence-corrected chi connectivity index (χ0v) is 16.3. The van der Waals surface area contributed by atoms with Crippen LogP contribution in [0.15, 0.2) is 42.5 Å². The minimum Gasteiger partial charge on any atom is -0.334 e. The summed E-state index contributed by atoms with van der Waals surface area (Å²) in [5.41, 5.74) is 1.84. The number of amides is 1. The molecule has 0 spiro atoms. The molecule has 0 bridgehead atoms. The summed E-state index contributed by atoms with van der Waals surface area (Å²) in [6.45, 7) is 0.783. The third-order valence-corrected chi connectivity index (χ3v) is 6.08. The number of nitrogens with zero attached hydrogens (tertiary/aromatic N) is 2. The number of hydrogen-bond acceptors (Lipinski definition) is 2. The fourth-order valence-electron chi connectivity index (χ4n) is 4.55. The van der Waals surface area contributed by atoms with Crippen molar-refractivity contribution < 1.29 is 18.0 Å². The van der Waals surface area contributed by atoms with E-state index in [1.165, 1.54) is 12.1 Å². The van der Waals surface area contributed by atoms with Crippen molar-refractivity contribution in [3.8, 4) is 0 Å². The lowest BCUT2D eigenvalue weighted by atomic mass is 10.0. The quantitative estimate of drug-likeness (QED) is 0.672. The van der Waals surface area contributed by atoms with E-state index < -0.39 is 11.7 Å². The Morgan fingerprint density at radius 2 is 1.72 bits per heavy atom. The van der Waals surface area contributed by atoms with Crippen molar-refractivity contribution in [2.75, 3.05) is 6.54 Å². The number of rotatable bonds is 4. The van der Waals surface area contributed by atoms with E-state index in [4.69, 9.17) is 4.98 Å². The summed E-state index contributed by atoms with van der Waals surface area (Å²) < 4.78 is 38.2. The van der Waals surface area contributed by atoms with Gasteiger partial charge < -0.3 is 4.90 Å². The topological polar surface area (TPSA) is 33.2 Å². The maximum absolute atomic E-state index is 12.9. The van der Waals surface area contributed by atoms with Crippen LogP contribution in [0, 0.1) is 5.92 Å². The minimum absolute atomic E-state index is 0.00987. The van der Waals surface area contributed by atoms with Crippen LogP contribution in [0.25, 0.3) is 0 Å². The highest BCUT2D eigenvalue weighted by atomic mass is 19.4. The van der Waals surface area contributed by atoms with E-state index in [1.807, 2.05) is 23.1 Å². The zero-order valence-electron chi connectivity index (χ0n) is 16.3. The minimum atomic E-state index is -4.32. The van der Waals surface area contributed by atoms with E-state index in [0.717, 1.165) is 74.2 Å². The third-order valence-electron chi connectivity index (χ3n) is 6.08. The second-order valence-electron chi connectivity index (χ2n) is 8.10. The van der Waals surface area contributed by atoms with Crippen LogP contribution in [0.2, 0.25) is 0 Å². The Labute approximate surface area is 168 Å². The number of carbonyl (C=O) groups excluding carboxylic acids is 1. The first-order valence-corrected chi connectivity index (χ1v) is 10.3. The molecule has 1 aliphatic carbocycles. The number of alkyl halides is 3. The van der Waals surface area contributed by atoms with Gasteiger partial charge in [0.1, 0.15) is 0 Å². The van der Waals surface area contributed by atoms with Gasteiger partial charge in [0, 0.05) is 24.6 Å². The van der Waals surface area contributed by atoms with Gasteiger partial charge in [-0.15, -0.1) is 0 Å². The molecule has 1 saturated carbocycles. The molecule has 1 aliphatic heterocycles. The second-order valence-corrected chi connectivity index (χ2v) is 8.10. The van der Waals surface area contributed by atoms with Crippen LogP contribution in [0.1, 0.15) is 67.1 Å². The van der Waals surface area contributed by atoms with Crippen molar-refractivity contribution in [2.45, 2.75) is 57.2 Å². The molecule has 1 amide bonds. The number of halogens is 3. The largest absolute Gasteiger partial charge is 0.416 e. The fraction of sp³-hybridized carbons (Fsp3) is 0.478. The van der Waals surface area contributed by atoms with Crippen molar-refractivity contribution >= 4 is 5.91 Å². The summed E-state index contributed by atoms with van der Waals surface area (Å²) in [5, 5.41) is 0. The molecule has 2 aromatic rings. The second kappa shape index (κ2) is 8.17. The van der Waals surface area contributed by atoms with Gasteiger partial charge in [-0.25, -0.2) is 0 Å². The highest BCUT2D eigenvalue weighted by Crippen LogP contribution is 2.36. The molecule has 1 atom stereocenters.